The fourth-order valence-electron chi connectivity index (χ4n) is 5.33. The minimum absolute atomic E-state index is 0.0658. The second kappa shape index (κ2) is 13.4. The standard InChI is InChI=1S/C34H36Cl2FNO3S/c1-34(2,3)33(39)41-25-9-11-29-31(20-25)42-17-13-28(27-10-8-23(35)19-30(27)36)32(29)22-6-4-7-24(18-22)40-26-12-16-38(21-26)15-5-14-37/h4,6-11,18-20,26H,5,12-17,21H2,1-3H3. The van der Waals surface area contributed by atoms with Crippen LogP contribution in [-0.4, -0.2) is 49.0 Å². The van der Waals surface area contributed by atoms with Gasteiger partial charge in [0.2, 0.25) is 0 Å². The number of thioether (sulfide) groups is 1. The molecule has 0 radical (unpaired) electrons. The van der Waals surface area contributed by atoms with Gasteiger partial charge < -0.3 is 9.47 Å². The van der Waals surface area contributed by atoms with Gasteiger partial charge in [-0.1, -0.05) is 41.4 Å². The summed E-state index contributed by atoms with van der Waals surface area (Å²) in [4.78, 5) is 15.9. The number of hydrogen-bond donors (Lipinski definition) is 0. The Morgan fingerprint density at radius 2 is 1.86 bits per heavy atom. The molecule has 0 bridgehead atoms. The number of rotatable bonds is 8. The molecule has 0 amide bonds. The molecule has 2 heterocycles. The summed E-state index contributed by atoms with van der Waals surface area (Å²) in [5.74, 6) is 1.89. The van der Waals surface area contributed by atoms with Crippen molar-refractivity contribution < 1.29 is 18.7 Å². The summed E-state index contributed by atoms with van der Waals surface area (Å²) in [7, 11) is 0. The Balaban J connectivity index is 1.55. The van der Waals surface area contributed by atoms with Crippen molar-refractivity contribution in [3.05, 3.63) is 87.4 Å². The van der Waals surface area contributed by atoms with E-state index in [1.807, 2.05) is 63.2 Å². The third kappa shape index (κ3) is 7.34. The van der Waals surface area contributed by atoms with Gasteiger partial charge in [-0.05, 0) is 110 Å². The second-order valence-corrected chi connectivity index (χ2v) is 13.8. The van der Waals surface area contributed by atoms with Gasteiger partial charge in [-0.25, -0.2) is 0 Å². The number of hydrogen-bond acceptors (Lipinski definition) is 5. The normalized spacial score (nSPS) is 17.6. The molecule has 0 N–H and O–H groups in total. The van der Waals surface area contributed by atoms with Crippen LogP contribution in [0.3, 0.4) is 0 Å². The van der Waals surface area contributed by atoms with Crippen molar-refractivity contribution in [3.63, 3.8) is 0 Å². The number of esters is 1. The van der Waals surface area contributed by atoms with E-state index in [-0.39, 0.29) is 18.7 Å². The Labute approximate surface area is 262 Å². The number of benzene rings is 3. The lowest BCUT2D eigenvalue weighted by Crippen LogP contribution is -2.26. The first-order valence-corrected chi connectivity index (χ1v) is 16.1. The van der Waals surface area contributed by atoms with Gasteiger partial charge in [-0.3, -0.25) is 14.1 Å². The largest absolute Gasteiger partial charge is 0.489 e. The molecule has 8 heteroatoms. The van der Waals surface area contributed by atoms with Crippen molar-refractivity contribution in [2.24, 2.45) is 5.41 Å². The van der Waals surface area contributed by atoms with E-state index in [4.69, 9.17) is 32.7 Å². The highest BCUT2D eigenvalue weighted by atomic mass is 35.5. The van der Waals surface area contributed by atoms with Gasteiger partial charge in [-0.2, -0.15) is 0 Å². The molecule has 1 saturated heterocycles. The Hall–Kier alpha value is -2.51. The van der Waals surface area contributed by atoms with Gasteiger partial charge >= 0.3 is 5.97 Å². The molecule has 4 nitrogen and oxygen atoms in total. The minimum Gasteiger partial charge on any atom is -0.489 e. The van der Waals surface area contributed by atoms with Crippen molar-refractivity contribution in [1.29, 1.82) is 0 Å². The molecule has 42 heavy (non-hydrogen) atoms. The molecular formula is C34H36Cl2FNO3S. The SMILES string of the molecule is CC(C)(C)C(=O)Oc1ccc2c(c1)SCCC(c1ccc(Cl)cc1Cl)=C2c1cccc(OC2CCN(CCCF)C2)c1. The maximum Gasteiger partial charge on any atom is 0.316 e. The fraction of sp³-hybridized carbons (Fsp3) is 0.382. The lowest BCUT2D eigenvalue weighted by Gasteiger charge is -2.20. The number of ether oxygens (including phenoxy) is 2. The Bertz CT molecular complexity index is 1490. The van der Waals surface area contributed by atoms with Gasteiger partial charge in [-0.15, -0.1) is 11.8 Å². The van der Waals surface area contributed by atoms with Crippen LogP contribution in [0.5, 0.6) is 11.5 Å². The first-order valence-electron chi connectivity index (χ1n) is 14.4. The topological polar surface area (TPSA) is 38.8 Å². The lowest BCUT2D eigenvalue weighted by atomic mass is 9.88. The van der Waals surface area contributed by atoms with E-state index in [0.717, 1.165) is 76.7 Å². The number of nitrogens with zero attached hydrogens (tertiary/aromatic N) is 1. The molecule has 0 aromatic heterocycles. The first-order chi connectivity index (χ1) is 20.1. The Morgan fingerprint density at radius 3 is 2.62 bits per heavy atom. The average Bonchev–Trinajstić information content (AvgIpc) is 3.30. The highest BCUT2D eigenvalue weighted by molar-refractivity contribution is 7.99. The number of carbonyl (C=O) groups is 1. The van der Waals surface area contributed by atoms with Crippen LogP contribution in [0.15, 0.2) is 65.6 Å². The predicted octanol–water partition coefficient (Wildman–Crippen LogP) is 9.21. The van der Waals surface area contributed by atoms with Crippen LogP contribution in [0, 0.1) is 5.41 Å². The van der Waals surface area contributed by atoms with Crippen LogP contribution in [0.25, 0.3) is 11.1 Å². The van der Waals surface area contributed by atoms with Crippen LogP contribution >= 0.6 is 35.0 Å². The smallest absolute Gasteiger partial charge is 0.316 e. The monoisotopic (exact) mass is 627 g/mol. The quantitative estimate of drug-likeness (QED) is 0.184. The average molecular weight is 629 g/mol. The molecule has 0 saturated carbocycles. The molecule has 3 aromatic carbocycles. The molecule has 1 unspecified atom stereocenters. The highest BCUT2D eigenvalue weighted by Gasteiger charge is 2.27. The maximum absolute atomic E-state index is 12.7. The van der Waals surface area contributed by atoms with Crippen molar-refractivity contribution in [2.75, 3.05) is 32.1 Å². The van der Waals surface area contributed by atoms with E-state index in [1.165, 1.54) is 0 Å². The van der Waals surface area contributed by atoms with E-state index < -0.39 is 5.41 Å². The van der Waals surface area contributed by atoms with Crippen LogP contribution in [0.1, 0.15) is 56.7 Å². The molecule has 1 fully saturated rings. The number of likely N-dealkylation sites (tertiary alicyclic amines) is 1. The highest BCUT2D eigenvalue weighted by Crippen LogP contribution is 2.46. The molecule has 5 rings (SSSR count). The lowest BCUT2D eigenvalue weighted by molar-refractivity contribution is -0.143. The number of allylic oxidation sites excluding steroid dienone is 1. The van der Waals surface area contributed by atoms with Gasteiger partial charge in [0.15, 0.2) is 0 Å². The van der Waals surface area contributed by atoms with Gasteiger partial charge in [0.1, 0.15) is 17.6 Å². The van der Waals surface area contributed by atoms with Crippen LogP contribution in [0.4, 0.5) is 4.39 Å². The number of halogens is 3. The van der Waals surface area contributed by atoms with Crippen molar-refractivity contribution in [2.45, 2.75) is 51.0 Å². The summed E-state index contributed by atoms with van der Waals surface area (Å²) in [5.41, 5.74) is 4.59. The third-order valence-electron chi connectivity index (χ3n) is 7.48. The van der Waals surface area contributed by atoms with E-state index >= 15 is 0 Å². The summed E-state index contributed by atoms with van der Waals surface area (Å²) >= 11 is 14.8. The summed E-state index contributed by atoms with van der Waals surface area (Å²) in [5, 5.41) is 1.19. The Kier molecular flexibility index (Phi) is 9.88. The minimum atomic E-state index is -0.604. The molecular weight excluding hydrogens is 592 g/mol. The van der Waals surface area contributed by atoms with Crippen LogP contribution < -0.4 is 9.47 Å². The molecule has 1 atom stereocenters. The zero-order valence-corrected chi connectivity index (χ0v) is 26.6. The number of fused-ring (bicyclic) bond motifs is 1. The zero-order valence-electron chi connectivity index (χ0n) is 24.2. The van der Waals surface area contributed by atoms with Crippen molar-refractivity contribution >= 4 is 52.1 Å². The fourth-order valence-corrected chi connectivity index (χ4v) is 6.91. The molecule has 3 aromatic rings. The summed E-state index contributed by atoms with van der Waals surface area (Å²) in [6.45, 7) is 7.72. The van der Waals surface area contributed by atoms with Crippen molar-refractivity contribution in [1.82, 2.24) is 4.90 Å². The van der Waals surface area contributed by atoms with Gasteiger partial charge in [0.05, 0.1) is 12.1 Å². The summed E-state index contributed by atoms with van der Waals surface area (Å²) in [6, 6.07) is 19.7. The van der Waals surface area contributed by atoms with E-state index in [9.17, 15) is 9.18 Å². The molecule has 0 spiro atoms. The third-order valence-corrected chi connectivity index (χ3v) is 9.08. The molecule has 2 aliphatic heterocycles. The maximum atomic E-state index is 12.7. The van der Waals surface area contributed by atoms with Crippen LogP contribution in [-0.2, 0) is 4.79 Å². The van der Waals surface area contributed by atoms with Gasteiger partial charge in [0, 0.05) is 40.3 Å². The van der Waals surface area contributed by atoms with E-state index in [0.29, 0.717) is 22.2 Å². The van der Waals surface area contributed by atoms with Gasteiger partial charge in [0.25, 0.3) is 0 Å². The van der Waals surface area contributed by atoms with Crippen molar-refractivity contribution in [3.8, 4) is 11.5 Å². The first kappa shape index (κ1) is 30.9. The Morgan fingerprint density at radius 1 is 1.05 bits per heavy atom. The van der Waals surface area contributed by atoms with Crippen LogP contribution in [0.2, 0.25) is 10.0 Å². The summed E-state index contributed by atoms with van der Waals surface area (Å²) < 4.78 is 24.9. The van der Waals surface area contributed by atoms with E-state index in [2.05, 4.69) is 17.0 Å². The van der Waals surface area contributed by atoms with E-state index in [1.54, 1.807) is 17.8 Å². The number of carbonyl (C=O) groups excluding carboxylic acids is 1. The molecule has 0 aliphatic carbocycles. The molecule has 2 aliphatic rings. The second-order valence-electron chi connectivity index (χ2n) is 11.8. The number of alkyl halides is 1. The predicted molar refractivity (Wildman–Crippen MR) is 172 cm³/mol. The summed E-state index contributed by atoms with van der Waals surface area (Å²) in [6.07, 6.45) is 2.32. The molecule has 222 valence electrons. The zero-order chi connectivity index (χ0) is 29.9.